The molecule has 0 spiro atoms. The zero-order valence-electron chi connectivity index (χ0n) is 6.46. The summed E-state index contributed by atoms with van der Waals surface area (Å²) in [5.74, 6) is 0.453. The van der Waals surface area contributed by atoms with E-state index in [0.29, 0.717) is 5.92 Å². The lowest BCUT2D eigenvalue weighted by Gasteiger charge is -1.91. The third kappa shape index (κ3) is 5.10. The predicted molar refractivity (Wildman–Crippen MR) is 47.8 cm³/mol. The van der Waals surface area contributed by atoms with Crippen molar-refractivity contribution in [2.75, 3.05) is 0 Å². The molecule has 0 N–H and O–H groups in total. The van der Waals surface area contributed by atoms with Crippen LogP contribution < -0.4 is 0 Å². The highest BCUT2D eigenvalue weighted by molar-refractivity contribution is 5.10. The van der Waals surface area contributed by atoms with E-state index < -0.39 is 0 Å². The molecule has 1 unspecified atom stereocenters. The van der Waals surface area contributed by atoms with E-state index in [0.717, 1.165) is 0 Å². The number of allylic oxidation sites excluding steroid dienone is 6. The van der Waals surface area contributed by atoms with Crippen LogP contribution in [0.2, 0.25) is 0 Å². The van der Waals surface area contributed by atoms with Gasteiger partial charge in [-0.05, 0) is 5.92 Å². The summed E-state index contributed by atoms with van der Waals surface area (Å²) in [6, 6.07) is 0. The highest BCUT2D eigenvalue weighted by Crippen LogP contribution is 1.96. The summed E-state index contributed by atoms with van der Waals surface area (Å²) in [5.41, 5.74) is 0. The molecule has 0 aliphatic carbocycles. The second kappa shape index (κ2) is 6.09. The Morgan fingerprint density at radius 1 is 1.10 bits per heavy atom. The van der Waals surface area contributed by atoms with Crippen molar-refractivity contribution in [2.45, 2.75) is 6.92 Å². The van der Waals surface area contributed by atoms with Crippen molar-refractivity contribution in [1.29, 1.82) is 0 Å². The summed E-state index contributed by atoms with van der Waals surface area (Å²) in [6.07, 6.45) is 11.6. The Morgan fingerprint density at radius 3 is 2.30 bits per heavy atom. The maximum atomic E-state index is 3.66. The first-order valence-electron chi connectivity index (χ1n) is 3.39. The molecule has 0 aliphatic heterocycles. The fourth-order valence-electron chi connectivity index (χ4n) is 0.461. The second-order valence-electron chi connectivity index (χ2n) is 2.10. The van der Waals surface area contributed by atoms with Gasteiger partial charge in [-0.3, -0.25) is 0 Å². The van der Waals surface area contributed by atoms with Crippen LogP contribution in [-0.2, 0) is 0 Å². The Labute approximate surface area is 63.3 Å². The Morgan fingerprint density at radius 2 is 1.80 bits per heavy atom. The summed E-state index contributed by atoms with van der Waals surface area (Å²) in [5, 5.41) is 0. The lowest BCUT2D eigenvalue weighted by atomic mass is 10.2. The molecule has 0 bridgehead atoms. The van der Waals surface area contributed by atoms with Crippen molar-refractivity contribution >= 4 is 0 Å². The van der Waals surface area contributed by atoms with E-state index in [2.05, 4.69) is 26.2 Å². The van der Waals surface area contributed by atoms with E-state index in [9.17, 15) is 0 Å². The zero-order chi connectivity index (χ0) is 7.82. The van der Waals surface area contributed by atoms with Crippen LogP contribution in [0.15, 0.2) is 49.6 Å². The fraction of sp³-hybridized carbons (Fsp3) is 0.200. The minimum Gasteiger partial charge on any atom is -0.102 e. The summed E-state index contributed by atoms with van der Waals surface area (Å²) in [6.45, 7) is 9.31. The van der Waals surface area contributed by atoms with Gasteiger partial charge in [0.05, 0.1) is 0 Å². The quantitative estimate of drug-likeness (QED) is 0.409. The number of rotatable bonds is 4. The molecule has 0 fully saturated rings. The smallest absolute Gasteiger partial charge is 0.00814 e. The normalized spacial score (nSPS) is 14.1. The maximum absolute atomic E-state index is 3.66. The fourth-order valence-corrected chi connectivity index (χ4v) is 0.461. The van der Waals surface area contributed by atoms with Crippen molar-refractivity contribution in [3.63, 3.8) is 0 Å². The Kier molecular flexibility index (Phi) is 5.45. The molecule has 0 aromatic rings. The van der Waals surface area contributed by atoms with Gasteiger partial charge in [-0.2, -0.15) is 0 Å². The van der Waals surface area contributed by atoms with Crippen molar-refractivity contribution in [2.24, 2.45) is 5.92 Å². The second-order valence-corrected chi connectivity index (χ2v) is 2.10. The van der Waals surface area contributed by atoms with E-state index >= 15 is 0 Å². The van der Waals surface area contributed by atoms with Crippen molar-refractivity contribution in [3.8, 4) is 0 Å². The molecule has 0 heteroatoms. The molecule has 1 atom stereocenters. The Bertz CT molecular complexity index is 149. The molecule has 10 heavy (non-hydrogen) atoms. The minimum absolute atomic E-state index is 0.453. The zero-order valence-corrected chi connectivity index (χ0v) is 6.46. The first-order chi connectivity index (χ1) is 4.81. The van der Waals surface area contributed by atoms with Crippen LogP contribution in [-0.4, -0.2) is 0 Å². The van der Waals surface area contributed by atoms with Gasteiger partial charge in [0.25, 0.3) is 0 Å². The first kappa shape index (κ1) is 8.96. The summed E-state index contributed by atoms with van der Waals surface area (Å²) in [7, 11) is 0. The Hall–Kier alpha value is -1.04. The van der Waals surface area contributed by atoms with Crippen molar-refractivity contribution in [1.82, 2.24) is 0 Å². The molecule has 0 heterocycles. The molecule has 0 aliphatic rings. The third-order valence-corrected chi connectivity index (χ3v) is 1.14. The van der Waals surface area contributed by atoms with Gasteiger partial charge in [0.15, 0.2) is 0 Å². The van der Waals surface area contributed by atoms with E-state index in [1.165, 1.54) is 0 Å². The van der Waals surface area contributed by atoms with Gasteiger partial charge >= 0.3 is 0 Å². The van der Waals surface area contributed by atoms with Gasteiger partial charge in [0.1, 0.15) is 0 Å². The summed E-state index contributed by atoms with van der Waals surface area (Å²) >= 11 is 0. The highest BCUT2D eigenvalue weighted by Gasteiger charge is 1.82. The molecule has 0 aromatic carbocycles. The highest BCUT2D eigenvalue weighted by atomic mass is 13.9. The van der Waals surface area contributed by atoms with Gasteiger partial charge in [0.2, 0.25) is 0 Å². The van der Waals surface area contributed by atoms with Gasteiger partial charge in [-0.25, -0.2) is 0 Å². The Balaban J connectivity index is 3.64. The number of hydrogen-bond donors (Lipinski definition) is 0. The molecule has 0 aromatic heterocycles. The van der Waals surface area contributed by atoms with Crippen LogP contribution in [0.4, 0.5) is 0 Å². The third-order valence-electron chi connectivity index (χ3n) is 1.14. The monoisotopic (exact) mass is 134 g/mol. The van der Waals surface area contributed by atoms with E-state index in [-0.39, 0.29) is 0 Å². The van der Waals surface area contributed by atoms with Crippen LogP contribution in [0.3, 0.4) is 0 Å². The number of hydrogen-bond acceptors (Lipinski definition) is 0. The molecular weight excluding hydrogens is 120 g/mol. The van der Waals surface area contributed by atoms with Gasteiger partial charge in [-0.15, -0.1) is 6.58 Å². The van der Waals surface area contributed by atoms with E-state index in [1.807, 2.05) is 24.3 Å². The lowest BCUT2D eigenvalue weighted by Crippen LogP contribution is -1.77. The van der Waals surface area contributed by atoms with Crippen LogP contribution in [0, 0.1) is 5.92 Å². The van der Waals surface area contributed by atoms with Crippen LogP contribution in [0.5, 0.6) is 0 Å². The standard InChI is InChI=1S/C10H14/c1-4-6-7-8-9-10(3)5-2/h4-10H,1-2H2,3H3/b7-6-,9-8-. The van der Waals surface area contributed by atoms with Gasteiger partial charge < -0.3 is 0 Å². The molecule has 0 saturated heterocycles. The van der Waals surface area contributed by atoms with Gasteiger partial charge in [-0.1, -0.05) is 50.0 Å². The topological polar surface area (TPSA) is 0 Å². The molecule has 54 valence electrons. The van der Waals surface area contributed by atoms with Crippen LogP contribution in [0.1, 0.15) is 6.92 Å². The largest absolute Gasteiger partial charge is 0.102 e. The van der Waals surface area contributed by atoms with E-state index in [4.69, 9.17) is 0 Å². The first-order valence-corrected chi connectivity index (χ1v) is 3.39. The van der Waals surface area contributed by atoms with Crippen molar-refractivity contribution in [3.05, 3.63) is 49.6 Å². The molecule has 0 rings (SSSR count). The molecule has 0 radical (unpaired) electrons. The maximum Gasteiger partial charge on any atom is -0.00814 e. The molecule has 0 saturated carbocycles. The molecule has 0 amide bonds. The average Bonchev–Trinajstić information content (AvgIpc) is 1.98. The van der Waals surface area contributed by atoms with E-state index in [1.54, 1.807) is 6.08 Å². The SMILES string of the molecule is C=C/C=C\C=C/C(C)C=C. The average molecular weight is 134 g/mol. The van der Waals surface area contributed by atoms with Crippen molar-refractivity contribution < 1.29 is 0 Å². The predicted octanol–water partition coefficient (Wildman–Crippen LogP) is 3.11. The molecule has 0 nitrogen and oxygen atoms in total. The van der Waals surface area contributed by atoms with Crippen LogP contribution >= 0.6 is 0 Å². The lowest BCUT2D eigenvalue weighted by molar-refractivity contribution is 0.944. The molecular formula is C10H14. The van der Waals surface area contributed by atoms with Gasteiger partial charge in [0, 0.05) is 0 Å². The summed E-state index contributed by atoms with van der Waals surface area (Å²) in [4.78, 5) is 0. The summed E-state index contributed by atoms with van der Waals surface area (Å²) < 4.78 is 0. The minimum atomic E-state index is 0.453. The van der Waals surface area contributed by atoms with Crippen LogP contribution in [0.25, 0.3) is 0 Å².